The first-order chi connectivity index (χ1) is 11.1. The summed E-state index contributed by atoms with van der Waals surface area (Å²) in [5.41, 5.74) is 1.38. The topological polar surface area (TPSA) is 44.8 Å². The summed E-state index contributed by atoms with van der Waals surface area (Å²) >= 11 is 1.74. The van der Waals surface area contributed by atoms with E-state index in [2.05, 4.69) is 40.9 Å². The lowest BCUT2D eigenvalue weighted by Gasteiger charge is -2.38. The minimum Gasteiger partial charge on any atom is -0.381 e. The van der Waals surface area contributed by atoms with Gasteiger partial charge in [0.1, 0.15) is 0 Å². The molecule has 2 fully saturated rings. The molecule has 6 heteroatoms. The maximum Gasteiger partial charge on any atom is 0.317 e. The fourth-order valence-corrected chi connectivity index (χ4v) is 4.13. The molecule has 3 heterocycles. The van der Waals surface area contributed by atoms with Crippen LogP contribution >= 0.6 is 11.3 Å². The first-order valence-corrected chi connectivity index (χ1v) is 9.48. The van der Waals surface area contributed by atoms with Crippen LogP contribution in [0.2, 0.25) is 0 Å². The molecule has 2 amide bonds. The van der Waals surface area contributed by atoms with Crippen LogP contribution < -0.4 is 5.32 Å². The number of urea groups is 1. The highest BCUT2D eigenvalue weighted by atomic mass is 32.1. The predicted molar refractivity (Wildman–Crippen MR) is 92.8 cm³/mol. The van der Waals surface area contributed by atoms with Gasteiger partial charge in [0, 0.05) is 50.8 Å². The average molecular weight is 337 g/mol. The highest BCUT2D eigenvalue weighted by molar-refractivity contribution is 7.07. The number of carbonyl (C=O) groups excluding carboxylic acids is 1. The SMILES string of the molecule is C[C@H](NC(=O)N1CCN([C@@H](C)c2ccsc2)CC1)[C@H]1CCOC1. The second kappa shape index (κ2) is 7.64. The summed E-state index contributed by atoms with van der Waals surface area (Å²) in [4.78, 5) is 16.8. The highest BCUT2D eigenvalue weighted by Gasteiger charge is 2.28. The van der Waals surface area contributed by atoms with Crippen LogP contribution in [0.1, 0.15) is 31.9 Å². The van der Waals surface area contributed by atoms with Crippen molar-refractivity contribution in [1.82, 2.24) is 15.1 Å². The fraction of sp³-hybridized carbons (Fsp3) is 0.706. The van der Waals surface area contributed by atoms with Crippen LogP contribution in [0, 0.1) is 5.92 Å². The molecule has 5 nitrogen and oxygen atoms in total. The molecule has 2 aliphatic rings. The van der Waals surface area contributed by atoms with E-state index in [1.54, 1.807) is 11.3 Å². The molecule has 0 unspecified atom stereocenters. The highest BCUT2D eigenvalue weighted by Crippen LogP contribution is 2.23. The normalized spacial score (nSPS) is 25.3. The molecule has 0 spiro atoms. The molecule has 0 bridgehead atoms. The summed E-state index contributed by atoms with van der Waals surface area (Å²) in [6.07, 6.45) is 1.05. The van der Waals surface area contributed by atoms with Gasteiger partial charge in [-0.05, 0) is 42.7 Å². The molecule has 1 N–H and O–H groups in total. The Kier molecular flexibility index (Phi) is 5.56. The van der Waals surface area contributed by atoms with E-state index in [1.807, 2.05) is 4.90 Å². The Labute approximate surface area is 142 Å². The van der Waals surface area contributed by atoms with E-state index in [0.717, 1.165) is 45.8 Å². The number of thiophene rings is 1. The monoisotopic (exact) mass is 337 g/mol. The van der Waals surface area contributed by atoms with E-state index in [9.17, 15) is 4.79 Å². The number of nitrogens with one attached hydrogen (secondary N) is 1. The Balaban J connectivity index is 1.45. The van der Waals surface area contributed by atoms with Crippen LogP contribution in [0.5, 0.6) is 0 Å². The molecule has 3 atom stereocenters. The third-order valence-corrected chi connectivity index (χ3v) is 5.90. The van der Waals surface area contributed by atoms with Crippen molar-refractivity contribution in [3.8, 4) is 0 Å². The van der Waals surface area contributed by atoms with Gasteiger partial charge in [0.05, 0.1) is 6.61 Å². The molecule has 128 valence electrons. The molecular formula is C17H27N3O2S. The minimum atomic E-state index is 0.0761. The number of rotatable bonds is 4. The molecule has 3 rings (SSSR count). The van der Waals surface area contributed by atoms with E-state index in [-0.39, 0.29) is 12.1 Å². The summed E-state index contributed by atoms with van der Waals surface area (Å²) in [5, 5.41) is 7.50. The molecule has 2 saturated heterocycles. The predicted octanol–water partition coefficient (Wildman–Crippen LogP) is 2.56. The fourth-order valence-electron chi connectivity index (χ4n) is 3.39. The molecule has 0 aliphatic carbocycles. The Morgan fingerprint density at radius 2 is 2.13 bits per heavy atom. The van der Waals surface area contributed by atoms with Gasteiger partial charge in [-0.2, -0.15) is 11.3 Å². The van der Waals surface area contributed by atoms with Crippen LogP contribution in [-0.4, -0.2) is 61.3 Å². The van der Waals surface area contributed by atoms with Gasteiger partial charge in [0.25, 0.3) is 0 Å². The van der Waals surface area contributed by atoms with Crippen LogP contribution in [0.15, 0.2) is 16.8 Å². The van der Waals surface area contributed by atoms with Crippen molar-refractivity contribution >= 4 is 17.4 Å². The third kappa shape index (κ3) is 4.05. The maximum absolute atomic E-state index is 12.4. The summed E-state index contributed by atoms with van der Waals surface area (Å²) in [5.74, 6) is 0.457. The Bertz CT molecular complexity index is 494. The van der Waals surface area contributed by atoms with E-state index in [1.165, 1.54) is 5.56 Å². The number of carbonyl (C=O) groups is 1. The molecule has 1 aromatic rings. The van der Waals surface area contributed by atoms with Gasteiger partial charge in [-0.1, -0.05) is 0 Å². The van der Waals surface area contributed by atoms with E-state index in [0.29, 0.717) is 12.0 Å². The van der Waals surface area contributed by atoms with Crippen molar-refractivity contribution in [3.05, 3.63) is 22.4 Å². The van der Waals surface area contributed by atoms with Gasteiger partial charge in [-0.15, -0.1) is 0 Å². The maximum atomic E-state index is 12.4. The van der Waals surface area contributed by atoms with Crippen molar-refractivity contribution in [3.63, 3.8) is 0 Å². The zero-order valence-corrected chi connectivity index (χ0v) is 14.8. The smallest absolute Gasteiger partial charge is 0.317 e. The van der Waals surface area contributed by atoms with Crippen LogP contribution in [0.3, 0.4) is 0 Å². The van der Waals surface area contributed by atoms with Gasteiger partial charge in [-0.3, -0.25) is 4.90 Å². The zero-order chi connectivity index (χ0) is 16.2. The summed E-state index contributed by atoms with van der Waals surface area (Å²) in [6.45, 7) is 9.41. The second-order valence-electron chi connectivity index (χ2n) is 6.62. The molecule has 2 aliphatic heterocycles. The van der Waals surface area contributed by atoms with Gasteiger partial charge in [0.2, 0.25) is 0 Å². The molecule has 23 heavy (non-hydrogen) atoms. The first kappa shape index (κ1) is 16.7. The first-order valence-electron chi connectivity index (χ1n) is 8.54. The summed E-state index contributed by atoms with van der Waals surface area (Å²) in [6, 6.07) is 2.89. The largest absolute Gasteiger partial charge is 0.381 e. The van der Waals surface area contributed by atoms with Gasteiger partial charge < -0.3 is 15.0 Å². The summed E-state index contributed by atoms with van der Waals surface area (Å²) < 4.78 is 5.41. The van der Waals surface area contributed by atoms with Gasteiger partial charge in [-0.25, -0.2) is 4.79 Å². The standard InChI is InChI=1S/C17H27N3O2S/c1-13(15-3-9-22-11-15)18-17(21)20-7-5-19(6-8-20)14(2)16-4-10-23-12-16/h4,10,12-15H,3,5-9,11H2,1-2H3,(H,18,21)/t13-,14-,15-/m0/s1. The number of hydrogen-bond donors (Lipinski definition) is 1. The molecular weight excluding hydrogens is 310 g/mol. The lowest BCUT2D eigenvalue weighted by Crippen LogP contribution is -2.54. The second-order valence-corrected chi connectivity index (χ2v) is 7.40. The quantitative estimate of drug-likeness (QED) is 0.918. The van der Waals surface area contributed by atoms with Crippen LogP contribution in [0.4, 0.5) is 4.79 Å². The number of hydrogen-bond acceptors (Lipinski definition) is 4. The lowest BCUT2D eigenvalue weighted by atomic mass is 10.0. The zero-order valence-electron chi connectivity index (χ0n) is 14.0. The van der Waals surface area contributed by atoms with E-state index < -0.39 is 0 Å². The third-order valence-electron chi connectivity index (χ3n) is 5.20. The van der Waals surface area contributed by atoms with Crippen molar-refractivity contribution in [1.29, 1.82) is 0 Å². The molecule has 0 aromatic carbocycles. The van der Waals surface area contributed by atoms with Crippen molar-refractivity contribution in [2.24, 2.45) is 5.92 Å². The van der Waals surface area contributed by atoms with Gasteiger partial charge in [0.15, 0.2) is 0 Å². The molecule has 0 radical (unpaired) electrons. The summed E-state index contributed by atoms with van der Waals surface area (Å²) in [7, 11) is 0. The number of amides is 2. The Morgan fingerprint density at radius 1 is 1.35 bits per heavy atom. The number of piperazine rings is 1. The van der Waals surface area contributed by atoms with Crippen LogP contribution in [-0.2, 0) is 4.74 Å². The van der Waals surface area contributed by atoms with Crippen molar-refractivity contribution < 1.29 is 9.53 Å². The molecule has 1 aromatic heterocycles. The Hall–Kier alpha value is -1.11. The van der Waals surface area contributed by atoms with Crippen molar-refractivity contribution in [2.75, 3.05) is 39.4 Å². The molecule has 0 saturated carbocycles. The Morgan fingerprint density at radius 3 is 2.74 bits per heavy atom. The minimum absolute atomic E-state index is 0.0761. The van der Waals surface area contributed by atoms with Crippen LogP contribution in [0.25, 0.3) is 0 Å². The average Bonchev–Trinajstić information content (AvgIpc) is 3.27. The number of ether oxygens (including phenoxy) is 1. The van der Waals surface area contributed by atoms with Crippen molar-refractivity contribution in [2.45, 2.75) is 32.4 Å². The lowest BCUT2D eigenvalue weighted by molar-refractivity contribution is 0.111. The number of nitrogens with zero attached hydrogens (tertiary/aromatic N) is 2. The van der Waals surface area contributed by atoms with E-state index >= 15 is 0 Å². The van der Waals surface area contributed by atoms with Gasteiger partial charge >= 0.3 is 6.03 Å². The van der Waals surface area contributed by atoms with E-state index in [4.69, 9.17) is 4.74 Å².